The molecule has 2 rings (SSSR count). The van der Waals surface area contributed by atoms with Crippen molar-refractivity contribution in [3.8, 4) is 0 Å². The van der Waals surface area contributed by atoms with Gasteiger partial charge in [0.25, 0.3) is 5.56 Å². The maximum Gasteiger partial charge on any atom is 0.283 e. The third-order valence-electron chi connectivity index (χ3n) is 2.56. The summed E-state index contributed by atoms with van der Waals surface area (Å²) >= 11 is 6.04. The maximum absolute atomic E-state index is 11.4. The van der Waals surface area contributed by atoms with Gasteiger partial charge < -0.3 is 5.21 Å². The zero-order valence-electron chi connectivity index (χ0n) is 9.35. The molecule has 0 aliphatic carbocycles. The molecule has 1 aromatic heterocycles. The predicted octanol–water partition coefficient (Wildman–Crippen LogP) is 2.64. The highest BCUT2D eigenvalue weighted by molar-refractivity contribution is 6.31. The molecule has 0 amide bonds. The largest absolute Gasteiger partial charge is 0.425 e. The van der Waals surface area contributed by atoms with Crippen molar-refractivity contribution in [1.82, 2.24) is 4.73 Å². The number of benzene rings is 1. The zero-order valence-corrected chi connectivity index (χ0v) is 10.1. The second kappa shape index (κ2) is 4.63. The number of hydrogen-bond acceptors (Lipinski definition) is 2. The Morgan fingerprint density at radius 1 is 1.29 bits per heavy atom. The summed E-state index contributed by atoms with van der Waals surface area (Å²) in [5, 5.41) is 10.3. The molecule has 0 fully saturated rings. The van der Waals surface area contributed by atoms with Crippen molar-refractivity contribution in [2.24, 2.45) is 0 Å². The first-order valence-corrected chi connectivity index (χ1v) is 5.61. The summed E-state index contributed by atoms with van der Waals surface area (Å²) < 4.78 is 0.663. The standard InChI is InChI=1S/C13H12ClNO2/c1-9-6-11(15(17)13(16)7-9)8-10-4-2-3-5-12(10)14/h2-7,17H,8H2,1H3. The number of rotatable bonds is 2. The van der Waals surface area contributed by atoms with Crippen LogP contribution in [0.2, 0.25) is 5.02 Å². The average Bonchev–Trinajstić information content (AvgIpc) is 2.28. The van der Waals surface area contributed by atoms with Gasteiger partial charge in [-0.2, -0.15) is 4.73 Å². The lowest BCUT2D eigenvalue weighted by Gasteiger charge is -2.08. The fourth-order valence-corrected chi connectivity index (χ4v) is 1.93. The summed E-state index contributed by atoms with van der Waals surface area (Å²) in [6.45, 7) is 1.82. The van der Waals surface area contributed by atoms with Gasteiger partial charge in [0.05, 0.1) is 5.69 Å². The molecule has 0 radical (unpaired) electrons. The number of aryl methyl sites for hydroxylation is 1. The fourth-order valence-electron chi connectivity index (χ4n) is 1.73. The van der Waals surface area contributed by atoms with Crippen LogP contribution in [0.3, 0.4) is 0 Å². The van der Waals surface area contributed by atoms with Gasteiger partial charge in [-0.3, -0.25) is 4.79 Å². The van der Waals surface area contributed by atoms with Crippen LogP contribution >= 0.6 is 11.6 Å². The minimum absolute atomic E-state index is 0.424. The fraction of sp³-hybridized carbons (Fsp3) is 0.154. The van der Waals surface area contributed by atoms with Crippen LogP contribution in [0.25, 0.3) is 0 Å². The molecule has 0 aliphatic heterocycles. The highest BCUT2D eigenvalue weighted by atomic mass is 35.5. The normalized spacial score (nSPS) is 10.5. The minimum atomic E-state index is -0.424. The molecular weight excluding hydrogens is 238 g/mol. The van der Waals surface area contributed by atoms with Crippen molar-refractivity contribution in [3.05, 3.63) is 68.6 Å². The number of nitrogens with zero attached hydrogens (tertiary/aromatic N) is 1. The minimum Gasteiger partial charge on any atom is -0.425 e. The molecule has 0 bridgehead atoms. The Balaban J connectivity index is 2.44. The molecule has 0 aliphatic rings. The van der Waals surface area contributed by atoms with Gasteiger partial charge in [-0.1, -0.05) is 29.8 Å². The molecule has 1 aromatic carbocycles. The molecule has 4 heteroatoms. The highest BCUT2D eigenvalue weighted by Gasteiger charge is 2.07. The summed E-state index contributed by atoms with van der Waals surface area (Å²) in [7, 11) is 0. The number of hydrogen-bond donors (Lipinski definition) is 1. The monoisotopic (exact) mass is 249 g/mol. The molecule has 0 atom stereocenters. The zero-order chi connectivity index (χ0) is 12.4. The Kier molecular flexibility index (Phi) is 3.20. The van der Waals surface area contributed by atoms with Crippen LogP contribution in [-0.4, -0.2) is 9.94 Å². The van der Waals surface area contributed by atoms with Gasteiger partial charge in [0.2, 0.25) is 0 Å². The third-order valence-corrected chi connectivity index (χ3v) is 2.92. The van der Waals surface area contributed by atoms with Gasteiger partial charge >= 0.3 is 0 Å². The molecule has 3 nitrogen and oxygen atoms in total. The maximum atomic E-state index is 11.4. The van der Waals surface area contributed by atoms with Gasteiger partial charge in [0, 0.05) is 17.5 Å². The summed E-state index contributed by atoms with van der Waals surface area (Å²) in [5.41, 5.74) is 1.81. The molecule has 2 aromatic rings. The second-order valence-corrected chi connectivity index (χ2v) is 4.35. The third kappa shape index (κ3) is 2.50. The molecule has 88 valence electrons. The summed E-state index contributed by atoms with van der Waals surface area (Å²) in [6.07, 6.45) is 0.424. The van der Waals surface area contributed by atoms with E-state index in [1.165, 1.54) is 6.07 Å². The van der Waals surface area contributed by atoms with Crippen LogP contribution in [0.5, 0.6) is 0 Å². The van der Waals surface area contributed by atoms with E-state index in [1.54, 1.807) is 12.1 Å². The Labute approximate surface area is 104 Å². The van der Waals surface area contributed by atoms with Crippen molar-refractivity contribution < 1.29 is 5.21 Å². The predicted molar refractivity (Wildman–Crippen MR) is 66.9 cm³/mol. The van der Waals surface area contributed by atoms with Crippen LogP contribution in [-0.2, 0) is 6.42 Å². The molecular formula is C13H12ClNO2. The SMILES string of the molecule is Cc1cc(Cc2ccccc2Cl)n(O)c(=O)c1. The molecule has 0 saturated heterocycles. The van der Waals surface area contributed by atoms with Crippen molar-refractivity contribution in [2.45, 2.75) is 13.3 Å². The Hall–Kier alpha value is -1.74. The van der Waals surface area contributed by atoms with E-state index in [0.29, 0.717) is 21.9 Å². The van der Waals surface area contributed by atoms with Gasteiger partial charge in [0.1, 0.15) is 0 Å². The first-order chi connectivity index (χ1) is 8.08. The quantitative estimate of drug-likeness (QED) is 0.832. The van der Waals surface area contributed by atoms with E-state index in [1.807, 2.05) is 25.1 Å². The molecule has 0 saturated carbocycles. The van der Waals surface area contributed by atoms with E-state index in [0.717, 1.165) is 11.1 Å². The Morgan fingerprint density at radius 3 is 2.71 bits per heavy atom. The van der Waals surface area contributed by atoms with Gasteiger partial charge in [-0.05, 0) is 30.2 Å². The summed E-state index contributed by atoms with van der Waals surface area (Å²) in [5.74, 6) is 0. The number of aromatic nitrogens is 1. The molecule has 0 unspecified atom stereocenters. The van der Waals surface area contributed by atoms with Crippen LogP contribution in [0.4, 0.5) is 0 Å². The first kappa shape index (κ1) is 11.7. The average molecular weight is 250 g/mol. The van der Waals surface area contributed by atoms with Gasteiger partial charge in [0.15, 0.2) is 0 Å². The molecule has 17 heavy (non-hydrogen) atoms. The Bertz CT molecular complexity index is 605. The van der Waals surface area contributed by atoms with E-state index in [4.69, 9.17) is 11.6 Å². The topological polar surface area (TPSA) is 42.2 Å². The summed E-state index contributed by atoms with van der Waals surface area (Å²) in [4.78, 5) is 11.4. The van der Waals surface area contributed by atoms with Crippen molar-refractivity contribution >= 4 is 11.6 Å². The van der Waals surface area contributed by atoms with Crippen LogP contribution < -0.4 is 5.56 Å². The highest BCUT2D eigenvalue weighted by Crippen LogP contribution is 2.18. The lowest BCUT2D eigenvalue weighted by Crippen LogP contribution is -2.21. The van der Waals surface area contributed by atoms with E-state index < -0.39 is 5.56 Å². The smallest absolute Gasteiger partial charge is 0.283 e. The summed E-state index contributed by atoms with van der Waals surface area (Å²) in [6, 6.07) is 10.5. The second-order valence-electron chi connectivity index (χ2n) is 3.94. The molecule has 0 spiro atoms. The molecule has 1 heterocycles. The van der Waals surface area contributed by atoms with Crippen LogP contribution in [0.15, 0.2) is 41.2 Å². The lowest BCUT2D eigenvalue weighted by molar-refractivity contribution is 0.166. The number of halogens is 1. The van der Waals surface area contributed by atoms with E-state index >= 15 is 0 Å². The van der Waals surface area contributed by atoms with Gasteiger partial charge in [-0.15, -0.1) is 0 Å². The van der Waals surface area contributed by atoms with Crippen molar-refractivity contribution in [2.75, 3.05) is 0 Å². The van der Waals surface area contributed by atoms with Crippen LogP contribution in [0, 0.1) is 6.92 Å². The van der Waals surface area contributed by atoms with Crippen LogP contribution in [0.1, 0.15) is 16.8 Å². The van der Waals surface area contributed by atoms with E-state index in [9.17, 15) is 10.0 Å². The molecule has 1 N–H and O–H groups in total. The lowest BCUT2D eigenvalue weighted by atomic mass is 10.1. The van der Waals surface area contributed by atoms with E-state index in [-0.39, 0.29) is 0 Å². The first-order valence-electron chi connectivity index (χ1n) is 5.23. The Morgan fingerprint density at radius 2 is 2.00 bits per heavy atom. The van der Waals surface area contributed by atoms with Crippen molar-refractivity contribution in [3.63, 3.8) is 0 Å². The van der Waals surface area contributed by atoms with Crippen molar-refractivity contribution in [1.29, 1.82) is 0 Å². The van der Waals surface area contributed by atoms with Gasteiger partial charge in [-0.25, -0.2) is 0 Å². The number of pyridine rings is 1. The van der Waals surface area contributed by atoms with E-state index in [2.05, 4.69) is 0 Å².